The molecule has 1 rings (SSSR count). The van der Waals surface area contributed by atoms with Gasteiger partial charge < -0.3 is 10.2 Å². The summed E-state index contributed by atoms with van der Waals surface area (Å²) in [7, 11) is 0. The lowest BCUT2D eigenvalue weighted by molar-refractivity contribution is -0.117. The molecule has 0 radical (unpaired) electrons. The maximum Gasteiger partial charge on any atom is 0.293 e. The van der Waals surface area contributed by atoms with Crippen LogP contribution in [0.4, 0.5) is 0 Å². The van der Waals surface area contributed by atoms with Crippen LogP contribution in [0.1, 0.15) is 17.5 Å². The van der Waals surface area contributed by atoms with E-state index in [-0.39, 0.29) is 22.7 Å². The van der Waals surface area contributed by atoms with E-state index >= 15 is 0 Å². The molecule has 0 bridgehead atoms. The maximum atomic E-state index is 11.4. The molecule has 88 valence electrons. The Morgan fingerprint density at radius 1 is 1.62 bits per heavy atom. The van der Waals surface area contributed by atoms with Gasteiger partial charge in [-0.05, 0) is 12.1 Å². The smallest absolute Gasteiger partial charge is 0.293 e. The third-order valence-corrected chi connectivity index (χ3v) is 3.02. The summed E-state index contributed by atoms with van der Waals surface area (Å²) in [6.45, 7) is 2.43. The van der Waals surface area contributed by atoms with Crippen LogP contribution in [0.3, 0.4) is 0 Å². The standard InChI is InChI=1S/C10H14N2O3S/c1-7(5-11)16-6-9(13)12-10(14)8-3-2-4-15-8/h2-4,7H,5-6,11H2,1H3,(H,12,13,14). The molecule has 1 aromatic rings. The summed E-state index contributed by atoms with van der Waals surface area (Å²) in [4.78, 5) is 22.7. The van der Waals surface area contributed by atoms with Gasteiger partial charge in [0.1, 0.15) is 0 Å². The SMILES string of the molecule is CC(CN)SCC(=O)NC(=O)c1ccco1. The molecule has 1 heterocycles. The number of hydrogen-bond donors (Lipinski definition) is 2. The number of rotatable bonds is 5. The molecule has 0 saturated heterocycles. The molecule has 0 aliphatic carbocycles. The van der Waals surface area contributed by atoms with Gasteiger partial charge >= 0.3 is 0 Å². The minimum atomic E-state index is -0.518. The second-order valence-electron chi connectivity index (χ2n) is 3.21. The van der Waals surface area contributed by atoms with Gasteiger partial charge in [-0.25, -0.2) is 0 Å². The van der Waals surface area contributed by atoms with E-state index in [0.29, 0.717) is 6.54 Å². The van der Waals surface area contributed by atoms with E-state index < -0.39 is 5.91 Å². The minimum absolute atomic E-state index is 0.130. The topological polar surface area (TPSA) is 85.3 Å². The molecule has 0 fully saturated rings. The van der Waals surface area contributed by atoms with Crippen LogP contribution in [0.5, 0.6) is 0 Å². The minimum Gasteiger partial charge on any atom is -0.459 e. The molecule has 3 N–H and O–H groups in total. The fourth-order valence-corrected chi connectivity index (χ4v) is 1.56. The molecular formula is C10H14N2O3S. The number of carbonyl (C=O) groups excluding carboxylic acids is 2. The average Bonchev–Trinajstić information content (AvgIpc) is 2.79. The Morgan fingerprint density at radius 2 is 2.38 bits per heavy atom. The van der Waals surface area contributed by atoms with Gasteiger partial charge in [-0.1, -0.05) is 6.92 Å². The summed E-state index contributed by atoms with van der Waals surface area (Å²) in [5.74, 6) is -0.516. The molecule has 0 saturated carbocycles. The second kappa shape index (κ2) is 6.34. The first-order valence-electron chi connectivity index (χ1n) is 4.83. The third kappa shape index (κ3) is 4.08. The zero-order valence-corrected chi connectivity index (χ0v) is 9.75. The monoisotopic (exact) mass is 242 g/mol. The number of nitrogens with two attached hydrogens (primary N) is 1. The van der Waals surface area contributed by atoms with Gasteiger partial charge in [0, 0.05) is 11.8 Å². The van der Waals surface area contributed by atoms with Gasteiger partial charge in [0.05, 0.1) is 12.0 Å². The summed E-state index contributed by atoms with van der Waals surface area (Å²) >= 11 is 1.40. The molecular weight excluding hydrogens is 228 g/mol. The van der Waals surface area contributed by atoms with Crippen molar-refractivity contribution >= 4 is 23.6 Å². The summed E-state index contributed by atoms with van der Waals surface area (Å²) < 4.78 is 4.85. The quantitative estimate of drug-likeness (QED) is 0.790. The number of thioether (sulfide) groups is 1. The fourth-order valence-electron chi connectivity index (χ4n) is 0.918. The van der Waals surface area contributed by atoms with Crippen molar-refractivity contribution in [3.8, 4) is 0 Å². The van der Waals surface area contributed by atoms with Gasteiger partial charge in [-0.2, -0.15) is 0 Å². The van der Waals surface area contributed by atoms with Gasteiger partial charge in [0.15, 0.2) is 5.76 Å². The van der Waals surface area contributed by atoms with E-state index in [1.807, 2.05) is 6.92 Å². The van der Waals surface area contributed by atoms with Crippen LogP contribution in [-0.4, -0.2) is 29.4 Å². The maximum absolute atomic E-state index is 11.4. The van der Waals surface area contributed by atoms with E-state index in [2.05, 4.69) is 5.32 Å². The Bertz CT molecular complexity index is 351. The number of amides is 2. The van der Waals surface area contributed by atoms with Crippen LogP contribution in [0.25, 0.3) is 0 Å². The number of nitrogens with one attached hydrogen (secondary N) is 1. The fraction of sp³-hybridized carbons (Fsp3) is 0.400. The van der Waals surface area contributed by atoms with Crippen molar-refractivity contribution in [1.82, 2.24) is 5.32 Å². The highest BCUT2D eigenvalue weighted by Crippen LogP contribution is 2.08. The largest absolute Gasteiger partial charge is 0.459 e. The van der Waals surface area contributed by atoms with E-state index in [0.717, 1.165) is 0 Å². The number of hydrogen-bond acceptors (Lipinski definition) is 5. The van der Waals surface area contributed by atoms with Crippen LogP contribution < -0.4 is 11.1 Å². The predicted molar refractivity (Wildman–Crippen MR) is 62.2 cm³/mol. The molecule has 16 heavy (non-hydrogen) atoms. The van der Waals surface area contributed by atoms with E-state index in [9.17, 15) is 9.59 Å². The second-order valence-corrected chi connectivity index (χ2v) is 4.64. The molecule has 1 atom stereocenters. The first kappa shape index (κ1) is 12.8. The van der Waals surface area contributed by atoms with Crippen molar-refractivity contribution in [1.29, 1.82) is 0 Å². The Morgan fingerprint density at radius 3 is 2.94 bits per heavy atom. The number of carbonyl (C=O) groups is 2. The molecule has 0 aromatic carbocycles. The predicted octanol–water partition coefficient (Wildman–Crippen LogP) is 0.616. The van der Waals surface area contributed by atoms with Crippen LogP contribution in [0.15, 0.2) is 22.8 Å². The van der Waals surface area contributed by atoms with Crippen LogP contribution in [0, 0.1) is 0 Å². The molecule has 0 aliphatic rings. The summed E-state index contributed by atoms with van der Waals surface area (Å²) in [5.41, 5.74) is 5.40. The van der Waals surface area contributed by atoms with Crippen molar-refractivity contribution in [3.63, 3.8) is 0 Å². The third-order valence-electron chi connectivity index (χ3n) is 1.83. The molecule has 0 spiro atoms. The number of imide groups is 1. The van der Waals surface area contributed by atoms with Crippen LogP contribution in [-0.2, 0) is 4.79 Å². The molecule has 5 nitrogen and oxygen atoms in total. The lowest BCUT2D eigenvalue weighted by Crippen LogP contribution is -2.32. The van der Waals surface area contributed by atoms with Gasteiger partial charge in [0.25, 0.3) is 5.91 Å². The van der Waals surface area contributed by atoms with Crippen LogP contribution in [0.2, 0.25) is 0 Å². The molecule has 2 amide bonds. The highest BCUT2D eigenvalue weighted by molar-refractivity contribution is 8.00. The summed E-state index contributed by atoms with van der Waals surface area (Å²) in [6.07, 6.45) is 1.38. The Balaban J connectivity index is 2.32. The zero-order chi connectivity index (χ0) is 12.0. The Kier molecular flexibility index (Phi) is 5.07. The number of furan rings is 1. The lowest BCUT2D eigenvalue weighted by atomic mass is 10.4. The zero-order valence-electron chi connectivity index (χ0n) is 8.93. The van der Waals surface area contributed by atoms with E-state index in [1.165, 1.54) is 24.1 Å². The summed E-state index contributed by atoms with van der Waals surface area (Å²) in [5, 5.41) is 2.43. The summed E-state index contributed by atoms with van der Waals surface area (Å²) in [6, 6.07) is 3.09. The van der Waals surface area contributed by atoms with Crippen molar-refractivity contribution in [2.75, 3.05) is 12.3 Å². The average molecular weight is 242 g/mol. The molecule has 6 heteroatoms. The van der Waals surface area contributed by atoms with Crippen molar-refractivity contribution in [2.24, 2.45) is 5.73 Å². The van der Waals surface area contributed by atoms with Crippen molar-refractivity contribution in [2.45, 2.75) is 12.2 Å². The molecule has 1 aromatic heterocycles. The molecule has 1 unspecified atom stereocenters. The molecule has 0 aliphatic heterocycles. The normalized spacial score (nSPS) is 12.1. The van der Waals surface area contributed by atoms with Gasteiger partial charge in [-0.3, -0.25) is 14.9 Å². The first-order chi connectivity index (χ1) is 7.63. The van der Waals surface area contributed by atoms with Crippen molar-refractivity contribution in [3.05, 3.63) is 24.2 Å². The van der Waals surface area contributed by atoms with E-state index in [4.69, 9.17) is 10.2 Å². The highest BCUT2D eigenvalue weighted by Gasteiger charge is 2.13. The lowest BCUT2D eigenvalue weighted by Gasteiger charge is -2.07. The van der Waals surface area contributed by atoms with Crippen LogP contribution >= 0.6 is 11.8 Å². The van der Waals surface area contributed by atoms with E-state index in [1.54, 1.807) is 6.07 Å². The Labute approximate surface area is 97.8 Å². The van der Waals surface area contributed by atoms with Gasteiger partial charge in [0.2, 0.25) is 5.91 Å². The van der Waals surface area contributed by atoms with Crippen molar-refractivity contribution < 1.29 is 14.0 Å². The first-order valence-corrected chi connectivity index (χ1v) is 5.87. The van der Waals surface area contributed by atoms with Gasteiger partial charge in [-0.15, -0.1) is 11.8 Å². The Hall–Kier alpha value is -1.27. The highest BCUT2D eigenvalue weighted by atomic mass is 32.2.